The Morgan fingerprint density at radius 2 is 2.11 bits per heavy atom. The molecule has 0 N–H and O–H groups in total. The van der Waals surface area contributed by atoms with Gasteiger partial charge in [0.2, 0.25) is 10.0 Å². The van der Waals surface area contributed by atoms with Crippen molar-refractivity contribution in [2.75, 3.05) is 26.8 Å². The molecular formula is C12H21NO5S. The second-order valence-corrected chi connectivity index (χ2v) is 7.34. The van der Waals surface area contributed by atoms with Crippen LogP contribution in [0.3, 0.4) is 0 Å². The molecule has 3 unspecified atom stereocenters. The third-order valence-corrected chi connectivity index (χ3v) is 6.28. The Labute approximate surface area is 114 Å². The zero-order valence-electron chi connectivity index (χ0n) is 11.4. The van der Waals surface area contributed by atoms with Crippen molar-refractivity contribution in [3.63, 3.8) is 0 Å². The third kappa shape index (κ3) is 2.93. The zero-order chi connectivity index (χ0) is 14.0. The van der Waals surface area contributed by atoms with E-state index in [1.54, 1.807) is 0 Å². The van der Waals surface area contributed by atoms with Crippen molar-refractivity contribution in [2.24, 2.45) is 5.92 Å². The van der Waals surface area contributed by atoms with Gasteiger partial charge in [0, 0.05) is 13.1 Å². The Balaban J connectivity index is 2.16. The number of hydrogen-bond acceptors (Lipinski definition) is 5. The number of methoxy groups -OCH3 is 1. The van der Waals surface area contributed by atoms with Gasteiger partial charge in [-0.25, -0.2) is 8.42 Å². The molecule has 1 heterocycles. The highest BCUT2D eigenvalue weighted by Crippen LogP contribution is 2.34. The van der Waals surface area contributed by atoms with E-state index in [1.807, 2.05) is 6.92 Å². The van der Waals surface area contributed by atoms with Gasteiger partial charge < -0.3 is 9.47 Å². The summed E-state index contributed by atoms with van der Waals surface area (Å²) in [5, 5.41) is -0.634. The number of nitrogens with zero attached hydrogens (tertiary/aromatic N) is 1. The van der Waals surface area contributed by atoms with Crippen LogP contribution < -0.4 is 0 Å². The summed E-state index contributed by atoms with van der Waals surface area (Å²) in [5.74, 6) is -0.930. The van der Waals surface area contributed by atoms with Gasteiger partial charge in [-0.1, -0.05) is 6.42 Å². The lowest BCUT2D eigenvalue weighted by molar-refractivity contribution is -0.145. The van der Waals surface area contributed by atoms with Crippen molar-refractivity contribution in [3.05, 3.63) is 0 Å². The van der Waals surface area contributed by atoms with Crippen LogP contribution >= 0.6 is 0 Å². The maximum Gasteiger partial charge on any atom is 0.310 e. The maximum absolute atomic E-state index is 12.6. The molecule has 2 aliphatic rings. The molecule has 0 bridgehead atoms. The molecule has 6 nitrogen and oxygen atoms in total. The molecule has 1 aliphatic carbocycles. The monoisotopic (exact) mass is 291 g/mol. The quantitative estimate of drug-likeness (QED) is 0.703. The van der Waals surface area contributed by atoms with Crippen molar-refractivity contribution < 1.29 is 22.7 Å². The van der Waals surface area contributed by atoms with E-state index in [4.69, 9.17) is 9.47 Å². The fraction of sp³-hybridized carbons (Fsp3) is 0.917. The molecular weight excluding hydrogens is 270 g/mol. The van der Waals surface area contributed by atoms with Gasteiger partial charge in [0.1, 0.15) is 0 Å². The molecule has 2 rings (SSSR count). The maximum atomic E-state index is 12.6. The lowest BCUT2D eigenvalue weighted by atomic mass is 10.1. The summed E-state index contributed by atoms with van der Waals surface area (Å²) >= 11 is 0. The standard InChI is InChI=1S/C12H21NO5S/c1-9-8-13(6-7-18-9)19(15,16)11-5-3-4-10(11)12(14)17-2/h9-11H,3-8H2,1-2H3. The van der Waals surface area contributed by atoms with Crippen LogP contribution in [0.4, 0.5) is 0 Å². The summed E-state index contributed by atoms with van der Waals surface area (Å²) in [4.78, 5) is 11.7. The molecule has 0 aromatic heterocycles. The molecule has 0 aromatic rings. The Morgan fingerprint density at radius 1 is 1.37 bits per heavy atom. The molecule has 1 saturated heterocycles. The molecule has 0 aromatic carbocycles. The van der Waals surface area contributed by atoms with E-state index >= 15 is 0 Å². The van der Waals surface area contributed by atoms with E-state index in [0.29, 0.717) is 32.5 Å². The average Bonchev–Trinajstić information content (AvgIpc) is 2.87. The fourth-order valence-corrected chi connectivity index (χ4v) is 5.17. The molecule has 0 spiro atoms. The summed E-state index contributed by atoms with van der Waals surface area (Å²) in [6, 6.07) is 0. The molecule has 110 valence electrons. The van der Waals surface area contributed by atoms with Crippen molar-refractivity contribution >= 4 is 16.0 Å². The predicted octanol–water partition coefficient (Wildman–Crippen LogP) is 0.379. The lowest BCUT2D eigenvalue weighted by Gasteiger charge is -2.33. The van der Waals surface area contributed by atoms with Crippen molar-refractivity contribution in [2.45, 2.75) is 37.5 Å². The number of hydrogen-bond donors (Lipinski definition) is 0. The van der Waals surface area contributed by atoms with E-state index in [0.717, 1.165) is 6.42 Å². The van der Waals surface area contributed by atoms with Gasteiger partial charge in [0.25, 0.3) is 0 Å². The number of rotatable bonds is 3. The summed E-state index contributed by atoms with van der Waals surface area (Å²) in [7, 11) is -2.14. The number of ether oxygens (including phenoxy) is 2. The smallest absolute Gasteiger partial charge is 0.310 e. The first kappa shape index (κ1) is 14.7. The van der Waals surface area contributed by atoms with Gasteiger partial charge >= 0.3 is 5.97 Å². The van der Waals surface area contributed by atoms with Gasteiger partial charge in [-0.3, -0.25) is 4.79 Å². The largest absolute Gasteiger partial charge is 0.469 e. The van der Waals surface area contributed by atoms with E-state index in [-0.39, 0.29) is 6.10 Å². The van der Waals surface area contributed by atoms with Crippen LogP contribution in [0.25, 0.3) is 0 Å². The van der Waals surface area contributed by atoms with Gasteiger partial charge in [0.05, 0.1) is 31.0 Å². The molecule has 1 aliphatic heterocycles. The first-order valence-electron chi connectivity index (χ1n) is 6.65. The van der Waals surface area contributed by atoms with E-state index in [1.165, 1.54) is 11.4 Å². The van der Waals surface area contributed by atoms with Crippen LogP contribution in [0.5, 0.6) is 0 Å². The van der Waals surface area contributed by atoms with E-state index in [9.17, 15) is 13.2 Å². The fourth-order valence-electron chi connectivity index (χ4n) is 2.91. The third-order valence-electron chi connectivity index (χ3n) is 3.90. The van der Waals surface area contributed by atoms with E-state index < -0.39 is 27.2 Å². The van der Waals surface area contributed by atoms with Crippen LogP contribution in [0.2, 0.25) is 0 Å². The normalized spacial score (nSPS) is 33.3. The Hall–Kier alpha value is -0.660. The SMILES string of the molecule is COC(=O)C1CCCC1S(=O)(=O)N1CCOC(C)C1. The second kappa shape index (κ2) is 5.76. The van der Waals surface area contributed by atoms with Gasteiger partial charge in [-0.2, -0.15) is 4.31 Å². The molecule has 0 amide bonds. The Morgan fingerprint density at radius 3 is 2.74 bits per heavy atom. The van der Waals surface area contributed by atoms with E-state index in [2.05, 4.69) is 0 Å². The Kier molecular flexibility index (Phi) is 4.47. The lowest BCUT2D eigenvalue weighted by Crippen LogP contribution is -2.49. The average molecular weight is 291 g/mol. The van der Waals surface area contributed by atoms with Crippen molar-refractivity contribution in [1.29, 1.82) is 0 Å². The van der Waals surface area contributed by atoms with Crippen LogP contribution in [0, 0.1) is 5.92 Å². The van der Waals surface area contributed by atoms with Crippen LogP contribution in [-0.4, -0.2) is 56.9 Å². The number of morpholine rings is 1. The highest BCUT2D eigenvalue weighted by Gasteiger charge is 2.45. The summed E-state index contributed by atoms with van der Waals surface area (Å²) in [6.07, 6.45) is 1.79. The van der Waals surface area contributed by atoms with Crippen LogP contribution in [0.1, 0.15) is 26.2 Å². The molecule has 7 heteroatoms. The molecule has 3 atom stereocenters. The number of sulfonamides is 1. The number of carbonyl (C=O) groups is 1. The minimum atomic E-state index is -3.45. The van der Waals surface area contributed by atoms with Gasteiger partial charge in [-0.05, 0) is 19.8 Å². The molecule has 2 fully saturated rings. The van der Waals surface area contributed by atoms with Crippen LogP contribution in [0.15, 0.2) is 0 Å². The minimum Gasteiger partial charge on any atom is -0.469 e. The summed E-state index contributed by atoms with van der Waals surface area (Å²) < 4.78 is 36.8. The van der Waals surface area contributed by atoms with Gasteiger partial charge in [0.15, 0.2) is 0 Å². The zero-order valence-corrected chi connectivity index (χ0v) is 12.2. The summed E-state index contributed by atoms with van der Waals surface area (Å²) in [5.41, 5.74) is 0. The first-order chi connectivity index (χ1) is 8.96. The highest BCUT2D eigenvalue weighted by molar-refractivity contribution is 7.89. The predicted molar refractivity (Wildman–Crippen MR) is 69.1 cm³/mol. The minimum absolute atomic E-state index is 0.0958. The topological polar surface area (TPSA) is 72.9 Å². The van der Waals surface area contributed by atoms with Crippen LogP contribution in [-0.2, 0) is 24.3 Å². The molecule has 1 saturated carbocycles. The number of carbonyl (C=O) groups excluding carboxylic acids is 1. The first-order valence-corrected chi connectivity index (χ1v) is 8.15. The molecule has 0 radical (unpaired) electrons. The summed E-state index contributed by atoms with van der Waals surface area (Å²) in [6.45, 7) is 3.01. The molecule has 19 heavy (non-hydrogen) atoms. The van der Waals surface area contributed by atoms with Gasteiger partial charge in [-0.15, -0.1) is 0 Å². The van der Waals surface area contributed by atoms with Crippen molar-refractivity contribution in [1.82, 2.24) is 4.31 Å². The highest BCUT2D eigenvalue weighted by atomic mass is 32.2. The van der Waals surface area contributed by atoms with Crippen molar-refractivity contribution in [3.8, 4) is 0 Å². The second-order valence-electron chi connectivity index (χ2n) is 5.18. The Bertz CT molecular complexity index is 435. The number of esters is 1.